The number of benzene rings is 2. The van der Waals surface area contributed by atoms with Gasteiger partial charge in [-0.2, -0.15) is 0 Å². The maximum absolute atomic E-state index is 12.9. The highest BCUT2D eigenvalue weighted by Gasteiger charge is 2.49. The zero-order chi connectivity index (χ0) is 22.6. The number of rotatable bonds is 8. The van der Waals surface area contributed by atoms with Gasteiger partial charge >= 0.3 is 6.03 Å². The summed E-state index contributed by atoms with van der Waals surface area (Å²) in [4.78, 5) is 38.6. The fourth-order valence-electron chi connectivity index (χ4n) is 3.42. The van der Waals surface area contributed by atoms with Gasteiger partial charge < -0.3 is 20.1 Å². The van der Waals surface area contributed by atoms with Crippen LogP contribution in [-0.4, -0.2) is 50.1 Å². The lowest BCUT2D eigenvalue weighted by atomic mass is 9.92. The second-order valence-electron chi connectivity index (χ2n) is 7.25. The van der Waals surface area contributed by atoms with Crippen LogP contribution in [0, 0.1) is 0 Å². The van der Waals surface area contributed by atoms with Gasteiger partial charge in [0.25, 0.3) is 5.91 Å². The molecule has 1 atom stereocenters. The molecular weight excluding hydrogens is 466 g/mol. The van der Waals surface area contributed by atoms with Crippen molar-refractivity contribution in [2.24, 2.45) is 0 Å². The lowest BCUT2D eigenvalue weighted by molar-refractivity contribution is -0.134. The fourth-order valence-corrected chi connectivity index (χ4v) is 3.82. The summed E-state index contributed by atoms with van der Waals surface area (Å²) in [6.45, 7) is 1.63. The molecule has 1 aliphatic heterocycles. The number of halogens is 1. The van der Waals surface area contributed by atoms with Crippen molar-refractivity contribution in [3.63, 3.8) is 0 Å². The number of ether oxygens (including phenoxy) is 2. The molecule has 2 aromatic rings. The zero-order valence-corrected chi connectivity index (χ0v) is 19.1. The van der Waals surface area contributed by atoms with Crippen LogP contribution >= 0.6 is 15.9 Å². The highest BCUT2D eigenvalue weighted by atomic mass is 79.9. The van der Waals surface area contributed by atoms with Crippen molar-refractivity contribution >= 4 is 33.8 Å². The molecule has 31 heavy (non-hydrogen) atoms. The van der Waals surface area contributed by atoms with Gasteiger partial charge in [-0.25, -0.2) is 4.79 Å². The minimum Gasteiger partial charge on any atom is -0.493 e. The van der Waals surface area contributed by atoms with Crippen molar-refractivity contribution in [1.29, 1.82) is 0 Å². The van der Waals surface area contributed by atoms with E-state index < -0.39 is 23.4 Å². The first kappa shape index (κ1) is 22.6. The van der Waals surface area contributed by atoms with Gasteiger partial charge in [0, 0.05) is 11.0 Å². The Morgan fingerprint density at radius 1 is 1.13 bits per heavy atom. The molecular formula is C22H24BrN3O5. The zero-order valence-electron chi connectivity index (χ0n) is 17.5. The summed E-state index contributed by atoms with van der Waals surface area (Å²) in [6.07, 6.45) is 0.558. The van der Waals surface area contributed by atoms with Crippen molar-refractivity contribution in [2.45, 2.75) is 18.9 Å². The number of methoxy groups -OCH3 is 2. The highest BCUT2D eigenvalue weighted by molar-refractivity contribution is 9.10. The molecule has 3 rings (SSSR count). The molecule has 9 heteroatoms. The van der Waals surface area contributed by atoms with Crippen molar-refractivity contribution in [2.75, 3.05) is 27.3 Å². The van der Waals surface area contributed by atoms with Crippen LogP contribution in [0.2, 0.25) is 0 Å². The Kier molecular flexibility index (Phi) is 6.84. The van der Waals surface area contributed by atoms with E-state index in [2.05, 4.69) is 26.6 Å². The predicted molar refractivity (Wildman–Crippen MR) is 118 cm³/mol. The molecule has 0 radical (unpaired) electrons. The summed E-state index contributed by atoms with van der Waals surface area (Å²) in [5.41, 5.74) is 0.368. The molecule has 0 spiro atoms. The minimum atomic E-state index is -1.22. The molecule has 0 aliphatic carbocycles. The average molecular weight is 490 g/mol. The molecule has 1 fully saturated rings. The Morgan fingerprint density at radius 3 is 2.55 bits per heavy atom. The number of urea groups is 1. The monoisotopic (exact) mass is 489 g/mol. The summed E-state index contributed by atoms with van der Waals surface area (Å²) < 4.78 is 11.3. The Labute approximate surface area is 189 Å². The third kappa shape index (κ3) is 4.82. The van der Waals surface area contributed by atoms with Crippen molar-refractivity contribution in [3.8, 4) is 11.5 Å². The number of carbonyl (C=O) groups excluding carboxylic acids is 3. The second-order valence-corrected chi connectivity index (χ2v) is 8.16. The Hall–Kier alpha value is -3.07. The van der Waals surface area contributed by atoms with Gasteiger partial charge in [0.05, 0.1) is 14.2 Å². The van der Waals surface area contributed by atoms with E-state index in [0.29, 0.717) is 30.0 Å². The average Bonchev–Trinajstić information content (AvgIpc) is 2.97. The molecule has 0 aromatic heterocycles. The Balaban J connectivity index is 1.58. The van der Waals surface area contributed by atoms with Gasteiger partial charge in [0.1, 0.15) is 12.1 Å². The highest BCUT2D eigenvalue weighted by Crippen LogP contribution is 2.30. The molecule has 0 unspecified atom stereocenters. The first-order chi connectivity index (χ1) is 14.8. The molecule has 0 saturated carbocycles. The topological polar surface area (TPSA) is 97.0 Å². The lowest BCUT2D eigenvalue weighted by Gasteiger charge is -2.22. The SMILES string of the molecule is COc1ccc(CCNC(=O)CN2C(=O)N[C@](C)(c3cccc(Br)c3)C2=O)cc1OC. The van der Waals surface area contributed by atoms with E-state index in [0.717, 1.165) is 14.9 Å². The van der Waals surface area contributed by atoms with Crippen LogP contribution < -0.4 is 20.1 Å². The summed E-state index contributed by atoms with van der Waals surface area (Å²) in [5, 5.41) is 5.44. The molecule has 1 aliphatic rings. The minimum absolute atomic E-state index is 0.347. The normalized spacial score (nSPS) is 18.0. The number of amides is 4. The maximum Gasteiger partial charge on any atom is 0.325 e. The van der Waals surface area contributed by atoms with Gasteiger partial charge in [0.15, 0.2) is 11.5 Å². The molecule has 164 valence electrons. The predicted octanol–water partition coefficient (Wildman–Crippen LogP) is 2.59. The number of carbonyl (C=O) groups is 3. The number of nitrogens with one attached hydrogen (secondary N) is 2. The fraction of sp³-hybridized carbons (Fsp3) is 0.318. The van der Waals surface area contributed by atoms with E-state index in [1.165, 1.54) is 0 Å². The first-order valence-corrected chi connectivity index (χ1v) is 10.5. The van der Waals surface area contributed by atoms with Crippen LogP contribution in [0.25, 0.3) is 0 Å². The van der Waals surface area contributed by atoms with Crippen LogP contribution in [0.15, 0.2) is 46.9 Å². The van der Waals surface area contributed by atoms with Crippen LogP contribution in [0.1, 0.15) is 18.1 Å². The molecule has 1 heterocycles. The van der Waals surface area contributed by atoms with E-state index in [-0.39, 0.29) is 6.54 Å². The molecule has 8 nitrogen and oxygen atoms in total. The van der Waals surface area contributed by atoms with Gasteiger partial charge in [-0.05, 0) is 48.7 Å². The summed E-state index contributed by atoms with van der Waals surface area (Å²) in [7, 11) is 3.12. The van der Waals surface area contributed by atoms with Crippen LogP contribution in [-0.2, 0) is 21.5 Å². The van der Waals surface area contributed by atoms with Crippen molar-refractivity contribution in [3.05, 3.63) is 58.1 Å². The van der Waals surface area contributed by atoms with Gasteiger partial charge in [0.2, 0.25) is 5.91 Å². The van der Waals surface area contributed by atoms with Crippen molar-refractivity contribution < 1.29 is 23.9 Å². The third-order valence-corrected chi connectivity index (χ3v) is 5.66. The number of hydrogen-bond donors (Lipinski definition) is 2. The molecule has 2 aromatic carbocycles. The summed E-state index contributed by atoms with van der Waals surface area (Å²) >= 11 is 3.37. The maximum atomic E-state index is 12.9. The lowest BCUT2D eigenvalue weighted by Crippen LogP contribution is -2.43. The van der Waals surface area contributed by atoms with E-state index in [9.17, 15) is 14.4 Å². The summed E-state index contributed by atoms with van der Waals surface area (Å²) in [5.74, 6) is 0.355. The largest absolute Gasteiger partial charge is 0.493 e. The van der Waals surface area contributed by atoms with Gasteiger partial charge in [-0.1, -0.05) is 34.1 Å². The summed E-state index contributed by atoms with van der Waals surface area (Å²) in [6, 6.07) is 12.1. The standard InChI is InChI=1S/C22H24BrN3O5/c1-22(15-5-4-6-16(23)12-15)20(28)26(21(29)25-22)13-19(27)24-10-9-14-7-8-17(30-2)18(11-14)31-3/h4-8,11-12H,9-10,13H2,1-3H3,(H,24,27)(H,25,29)/t22-/m1/s1. The Morgan fingerprint density at radius 2 is 1.87 bits per heavy atom. The van der Waals surface area contributed by atoms with E-state index in [1.54, 1.807) is 45.4 Å². The number of imide groups is 1. The quantitative estimate of drug-likeness (QED) is 0.555. The van der Waals surface area contributed by atoms with E-state index >= 15 is 0 Å². The molecule has 2 N–H and O–H groups in total. The van der Waals surface area contributed by atoms with Crippen LogP contribution in [0.5, 0.6) is 11.5 Å². The van der Waals surface area contributed by atoms with Gasteiger partial charge in [-0.3, -0.25) is 14.5 Å². The Bertz CT molecular complexity index is 1010. The van der Waals surface area contributed by atoms with Crippen LogP contribution in [0.3, 0.4) is 0 Å². The van der Waals surface area contributed by atoms with Crippen molar-refractivity contribution in [1.82, 2.24) is 15.5 Å². The molecule has 0 bridgehead atoms. The number of hydrogen-bond acceptors (Lipinski definition) is 5. The van der Waals surface area contributed by atoms with Gasteiger partial charge in [-0.15, -0.1) is 0 Å². The van der Waals surface area contributed by atoms with Crippen LogP contribution in [0.4, 0.5) is 4.79 Å². The van der Waals surface area contributed by atoms with E-state index in [1.807, 2.05) is 18.2 Å². The molecule has 1 saturated heterocycles. The second kappa shape index (κ2) is 9.38. The smallest absolute Gasteiger partial charge is 0.325 e. The van der Waals surface area contributed by atoms with E-state index in [4.69, 9.17) is 9.47 Å². The third-order valence-electron chi connectivity index (χ3n) is 5.16. The number of nitrogens with zero attached hydrogens (tertiary/aromatic N) is 1. The molecule has 4 amide bonds. The first-order valence-electron chi connectivity index (χ1n) is 9.66.